The highest BCUT2D eigenvalue weighted by molar-refractivity contribution is 6.24. The Labute approximate surface area is 169 Å². The second-order valence-corrected chi connectivity index (χ2v) is 7.06. The van der Waals surface area contributed by atoms with Crippen LogP contribution < -0.4 is 4.99 Å². The van der Waals surface area contributed by atoms with Crippen molar-refractivity contribution in [2.45, 2.75) is 6.18 Å². The van der Waals surface area contributed by atoms with E-state index in [1.165, 1.54) is 18.2 Å². The Kier molecular flexibility index (Phi) is 4.10. The summed E-state index contributed by atoms with van der Waals surface area (Å²) in [5.74, 6) is -0.395. The van der Waals surface area contributed by atoms with Crippen LogP contribution in [0.1, 0.15) is 22.3 Å². The smallest absolute Gasteiger partial charge is 0.360 e. The summed E-state index contributed by atoms with van der Waals surface area (Å²) in [6.07, 6.45) is -0.924. The quantitative estimate of drug-likeness (QED) is 0.434. The van der Waals surface area contributed by atoms with Gasteiger partial charge in [-0.05, 0) is 35.9 Å². The first-order valence-corrected chi connectivity index (χ1v) is 9.30. The van der Waals surface area contributed by atoms with E-state index in [1.807, 2.05) is 24.3 Å². The largest absolute Gasteiger partial charge is 0.416 e. The summed E-state index contributed by atoms with van der Waals surface area (Å²) in [6, 6.07) is 17.3. The first-order valence-electron chi connectivity index (χ1n) is 9.30. The molecule has 0 atom stereocenters. The molecule has 1 aliphatic rings. The Morgan fingerprint density at radius 2 is 1.63 bits per heavy atom. The van der Waals surface area contributed by atoms with E-state index in [9.17, 15) is 17.6 Å². The summed E-state index contributed by atoms with van der Waals surface area (Å²) in [5.41, 5.74) is 4.27. The Bertz CT molecular complexity index is 1330. The van der Waals surface area contributed by atoms with Crippen LogP contribution in [-0.4, -0.2) is 11.2 Å². The topological polar surface area (TPSA) is 29.8 Å². The average molecular weight is 407 g/mol. The molecule has 4 aromatic rings. The Morgan fingerprint density at radius 3 is 2.40 bits per heavy atom. The van der Waals surface area contributed by atoms with E-state index in [-0.39, 0.29) is 0 Å². The third-order valence-electron chi connectivity index (χ3n) is 5.28. The van der Waals surface area contributed by atoms with Crippen molar-refractivity contribution in [1.29, 1.82) is 0 Å². The van der Waals surface area contributed by atoms with Gasteiger partial charge in [0.1, 0.15) is 5.82 Å². The number of fused-ring (bicyclic) bond motifs is 2. The van der Waals surface area contributed by atoms with Gasteiger partial charge in [0.2, 0.25) is 5.69 Å². The van der Waals surface area contributed by atoms with Crippen molar-refractivity contribution in [1.82, 2.24) is 4.98 Å². The van der Waals surface area contributed by atoms with Crippen molar-refractivity contribution in [2.24, 2.45) is 0 Å². The molecular formula is C24H15F4N2+. The van der Waals surface area contributed by atoms with Crippen molar-refractivity contribution >= 4 is 34.0 Å². The van der Waals surface area contributed by atoms with Crippen molar-refractivity contribution < 1.29 is 22.6 Å². The molecule has 0 saturated carbocycles. The first kappa shape index (κ1) is 18.4. The number of aromatic nitrogens is 1. The molecule has 0 bridgehead atoms. The van der Waals surface area contributed by atoms with Gasteiger partial charge in [0.05, 0.1) is 16.7 Å². The van der Waals surface area contributed by atoms with Crippen LogP contribution in [0, 0.1) is 5.82 Å². The summed E-state index contributed by atoms with van der Waals surface area (Å²) in [7, 11) is 0. The number of alkyl halides is 3. The molecule has 6 heteroatoms. The zero-order valence-corrected chi connectivity index (χ0v) is 15.5. The Balaban J connectivity index is 1.80. The maximum Gasteiger partial charge on any atom is 0.416 e. The normalized spacial score (nSPS) is 14.9. The summed E-state index contributed by atoms with van der Waals surface area (Å²) in [4.78, 5) is 6.27. The van der Waals surface area contributed by atoms with Gasteiger partial charge in [0, 0.05) is 34.3 Å². The maximum absolute atomic E-state index is 14.7. The van der Waals surface area contributed by atoms with Gasteiger partial charge in [-0.15, -0.1) is 0 Å². The molecule has 148 valence electrons. The van der Waals surface area contributed by atoms with Crippen LogP contribution in [0.5, 0.6) is 0 Å². The molecule has 3 aromatic carbocycles. The van der Waals surface area contributed by atoms with Crippen LogP contribution in [0.25, 0.3) is 22.0 Å². The number of hydrogen-bond donors (Lipinski definition) is 2. The van der Waals surface area contributed by atoms with Crippen LogP contribution in [0.15, 0.2) is 72.9 Å². The molecule has 2 heterocycles. The van der Waals surface area contributed by atoms with E-state index in [1.54, 1.807) is 24.5 Å². The fourth-order valence-corrected chi connectivity index (χ4v) is 3.90. The molecule has 0 saturated heterocycles. The molecular weight excluding hydrogens is 392 g/mol. The SMILES string of the molecule is Fc1cccc2[nH]cc(/C(=C3\C=[NH+]c4ccccc43)c3ccc(C(F)(F)F)cc3)c12. The highest BCUT2D eigenvalue weighted by atomic mass is 19.4. The number of allylic oxidation sites excluding steroid dienone is 1. The lowest BCUT2D eigenvalue weighted by Gasteiger charge is -2.12. The fraction of sp³-hybridized carbons (Fsp3) is 0.0417. The van der Waals surface area contributed by atoms with Crippen molar-refractivity contribution in [2.75, 3.05) is 0 Å². The van der Waals surface area contributed by atoms with E-state index >= 15 is 0 Å². The van der Waals surface area contributed by atoms with Gasteiger partial charge in [-0.3, -0.25) is 0 Å². The second kappa shape index (κ2) is 6.69. The van der Waals surface area contributed by atoms with Gasteiger partial charge >= 0.3 is 6.18 Å². The van der Waals surface area contributed by atoms with E-state index in [2.05, 4.69) is 9.98 Å². The number of nitrogens with one attached hydrogen (secondary N) is 2. The summed E-state index contributed by atoms with van der Waals surface area (Å²) in [6.45, 7) is 0. The molecule has 1 aliphatic heterocycles. The highest BCUT2D eigenvalue weighted by Gasteiger charge is 2.31. The number of hydrogen-bond acceptors (Lipinski definition) is 0. The number of rotatable bonds is 2. The summed E-state index contributed by atoms with van der Waals surface area (Å²) in [5, 5.41) is 0.401. The van der Waals surface area contributed by atoms with Gasteiger partial charge in [0.15, 0.2) is 6.21 Å². The predicted octanol–water partition coefficient (Wildman–Crippen LogP) is 5.08. The first-order chi connectivity index (χ1) is 14.4. The summed E-state index contributed by atoms with van der Waals surface area (Å²) < 4.78 is 54.0. The van der Waals surface area contributed by atoms with Crippen LogP contribution in [0.4, 0.5) is 23.2 Å². The Morgan fingerprint density at radius 1 is 0.867 bits per heavy atom. The minimum Gasteiger partial charge on any atom is -0.360 e. The minimum absolute atomic E-state index is 0.395. The molecule has 0 amide bonds. The molecule has 0 fully saturated rings. The number of aromatic amines is 1. The highest BCUT2D eigenvalue weighted by Crippen LogP contribution is 2.39. The van der Waals surface area contributed by atoms with Gasteiger partial charge < -0.3 is 4.98 Å². The Hall–Kier alpha value is -3.67. The molecule has 30 heavy (non-hydrogen) atoms. The van der Waals surface area contributed by atoms with Gasteiger partial charge in [-0.2, -0.15) is 13.2 Å². The standard InChI is InChI=1S/C24H14F4N2/c25-19-5-3-7-21-23(19)18(13-30-21)22(14-8-10-15(11-9-14)24(26,27)28)17-12-29-20-6-2-1-4-16(17)20/h1-13,30H/p+1/b22-17+. The van der Waals surface area contributed by atoms with Crippen LogP contribution >= 0.6 is 0 Å². The lowest BCUT2D eigenvalue weighted by atomic mass is 9.89. The van der Waals surface area contributed by atoms with E-state index < -0.39 is 17.6 Å². The molecule has 2 nitrogen and oxygen atoms in total. The van der Waals surface area contributed by atoms with Crippen LogP contribution in [-0.2, 0) is 6.18 Å². The summed E-state index contributed by atoms with van der Waals surface area (Å²) >= 11 is 0. The lowest BCUT2D eigenvalue weighted by Crippen LogP contribution is -2.58. The molecule has 0 spiro atoms. The van der Waals surface area contributed by atoms with Gasteiger partial charge in [-0.25, -0.2) is 9.38 Å². The molecule has 5 rings (SSSR count). The third kappa shape index (κ3) is 2.92. The molecule has 2 N–H and O–H groups in total. The van der Waals surface area contributed by atoms with E-state index in [0.717, 1.165) is 29.0 Å². The molecule has 0 aliphatic carbocycles. The van der Waals surface area contributed by atoms with Crippen molar-refractivity contribution in [3.8, 4) is 0 Å². The zero-order chi connectivity index (χ0) is 20.9. The average Bonchev–Trinajstić information content (AvgIpc) is 3.34. The van der Waals surface area contributed by atoms with Gasteiger partial charge in [0.25, 0.3) is 0 Å². The van der Waals surface area contributed by atoms with E-state index in [0.29, 0.717) is 27.6 Å². The number of benzene rings is 3. The van der Waals surface area contributed by atoms with Gasteiger partial charge in [-0.1, -0.05) is 30.3 Å². The fourth-order valence-electron chi connectivity index (χ4n) is 3.90. The van der Waals surface area contributed by atoms with Crippen LogP contribution in [0.2, 0.25) is 0 Å². The number of H-pyrrole nitrogens is 1. The number of halogens is 4. The minimum atomic E-state index is -4.42. The maximum atomic E-state index is 14.7. The monoisotopic (exact) mass is 407 g/mol. The van der Waals surface area contributed by atoms with Crippen molar-refractivity contribution in [3.63, 3.8) is 0 Å². The van der Waals surface area contributed by atoms with E-state index in [4.69, 9.17) is 0 Å². The molecule has 1 aromatic heterocycles. The predicted molar refractivity (Wildman–Crippen MR) is 109 cm³/mol. The lowest BCUT2D eigenvalue weighted by molar-refractivity contribution is -0.342. The van der Waals surface area contributed by atoms with Crippen LogP contribution in [0.3, 0.4) is 0 Å². The molecule has 0 radical (unpaired) electrons. The second-order valence-electron chi connectivity index (χ2n) is 7.06. The third-order valence-corrected chi connectivity index (χ3v) is 5.28. The van der Waals surface area contributed by atoms with Crippen molar-refractivity contribution in [3.05, 3.63) is 101 Å². The zero-order valence-electron chi connectivity index (χ0n) is 15.5. The molecule has 0 unspecified atom stereocenters. The number of para-hydroxylation sites is 1.